The molecule has 1 atom stereocenters. The van der Waals surface area contributed by atoms with Crippen molar-refractivity contribution in [1.82, 2.24) is 5.32 Å². The Bertz CT molecular complexity index is 647. The molecule has 5 heteroatoms. The van der Waals surface area contributed by atoms with E-state index in [1.807, 2.05) is 36.4 Å². The molecule has 22 heavy (non-hydrogen) atoms. The number of halogens is 2. The molecule has 2 aromatic rings. The summed E-state index contributed by atoms with van der Waals surface area (Å²) in [6.07, 6.45) is 0. The molecule has 0 saturated carbocycles. The average molecular weight is 340 g/mol. The molecule has 1 N–H and O–H groups in total. The predicted octanol–water partition coefficient (Wildman–Crippen LogP) is 4.86. The Kier molecular flexibility index (Phi) is 5.95. The molecule has 0 aliphatic rings. The first-order chi connectivity index (χ1) is 10.5. The molecule has 0 aromatic heterocycles. The second-order valence-electron chi connectivity index (χ2n) is 4.97. The summed E-state index contributed by atoms with van der Waals surface area (Å²) in [7, 11) is 3.17. The van der Waals surface area contributed by atoms with Gasteiger partial charge in [0.15, 0.2) is 11.5 Å². The standard InChI is InChI=1S/C17H19Cl2NO2/c1-11(13-5-4-6-14(18)9-13)20-10-12-7-15(19)17(22-3)16(8-12)21-2/h4-9,11,20H,10H2,1-3H3/t11-/m0/s1. The van der Waals surface area contributed by atoms with E-state index >= 15 is 0 Å². The van der Waals surface area contributed by atoms with E-state index in [0.717, 1.165) is 16.1 Å². The molecule has 118 valence electrons. The van der Waals surface area contributed by atoms with Crippen LogP contribution >= 0.6 is 23.2 Å². The minimum atomic E-state index is 0.172. The van der Waals surface area contributed by atoms with Crippen LogP contribution in [0.2, 0.25) is 10.0 Å². The van der Waals surface area contributed by atoms with Crippen molar-refractivity contribution < 1.29 is 9.47 Å². The molecule has 0 amide bonds. The van der Waals surface area contributed by atoms with Gasteiger partial charge in [-0.25, -0.2) is 0 Å². The maximum atomic E-state index is 6.22. The van der Waals surface area contributed by atoms with Crippen molar-refractivity contribution in [3.05, 3.63) is 57.6 Å². The first-order valence-corrected chi connectivity index (χ1v) is 7.70. The zero-order valence-electron chi connectivity index (χ0n) is 12.8. The lowest BCUT2D eigenvalue weighted by Gasteiger charge is -2.16. The molecule has 2 aromatic carbocycles. The van der Waals surface area contributed by atoms with Gasteiger partial charge in [-0.15, -0.1) is 0 Å². The van der Waals surface area contributed by atoms with E-state index in [4.69, 9.17) is 32.7 Å². The fraction of sp³-hybridized carbons (Fsp3) is 0.294. The SMILES string of the molecule is COc1cc(CN[C@@H](C)c2cccc(Cl)c2)cc(Cl)c1OC. The van der Waals surface area contributed by atoms with Crippen molar-refractivity contribution in [2.24, 2.45) is 0 Å². The minimum Gasteiger partial charge on any atom is -0.493 e. The van der Waals surface area contributed by atoms with E-state index < -0.39 is 0 Å². The molecule has 0 unspecified atom stereocenters. The van der Waals surface area contributed by atoms with Gasteiger partial charge < -0.3 is 14.8 Å². The van der Waals surface area contributed by atoms with Crippen LogP contribution in [0, 0.1) is 0 Å². The summed E-state index contributed by atoms with van der Waals surface area (Å²) < 4.78 is 10.5. The van der Waals surface area contributed by atoms with E-state index in [9.17, 15) is 0 Å². The Morgan fingerprint density at radius 2 is 1.86 bits per heavy atom. The number of benzene rings is 2. The molecule has 0 aliphatic carbocycles. The van der Waals surface area contributed by atoms with Gasteiger partial charge in [-0.1, -0.05) is 35.3 Å². The molecule has 0 radical (unpaired) electrons. The van der Waals surface area contributed by atoms with Crippen LogP contribution in [0.25, 0.3) is 0 Å². The van der Waals surface area contributed by atoms with Crippen LogP contribution in [-0.4, -0.2) is 14.2 Å². The lowest BCUT2D eigenvalue weighted by molar-refractivity contribution is 0.354. The smallest absolute Gasteiger partial charge is 0.179 e. The van der Waals surface area contributed by atoms with Crippen LogP contribution in [0.1, 0.15) is 24.1 Å². The summed E-state index contributed by atoms with van der Waals surface area (Å²) in [5, 5.41) is 4.72. The van der Waals surface area contributed by atoms with Gasteiger partial charge in [-0.3, -0.25) is 0 Å². The van der Waals surface area contributed by atoms with Crippen molar-refractivity contribution >= 4 is 23.2 Å². The maximum Gasteiger partial charge on any atom is 0.179 e. The molecular weight excluding hydrogens is 321 g/mol. The van der Waals surface area contributed by atoms with Crippen LogP contribution in [0.15, 0.2) is 36.4 Å². The number of hydrogen-bond acceptors (Lipinski definition) is 3. The fourth-order valence-electron chi connectivity index (χ4n) is 2.24. The molecule has 3 nitrogen and oxygen atoms in total. The zero-order valence-corrected chi connectivity index (χ0v) is 14.3. The highest BCUT2D eigenvalue weighted by Gasteiger charge is 2.12. The largest absolute Gasteiger partial charge is 0.493 e. The van der Waals surface area contributed by atoms with E-state index in [0.29, 0.717) is 23.1 Å². The third-order valence-corrected chi connectivity index (χ3v) is 3.97. The summed E-state index contributed by atoms with van der Waals surface area (Å²) in [5.74, 6) is 1.18. The molecular formula is C17H19Cl2NO2. The van der Waals surface area contributed by atoms with Crippen molar-refractivity contribution in [3.63, 3.8) is 0 Å². The Morgan fingerprint density at radius 3 is 2.50 bits per heavy atom. The van der Waals surface area contributed by atoms with Crippen LogP contribution in [0.4, 0.5) is 0 Å². The number of ether oxygens (including phenoxy) is 2. The molecule has 0 bridgehead atoms. The molecule has 2 rings (SSSR count). The topological polar surface area (TPSA) is 30.5 Å². The van der Waals surface area contributed by atoms with Crippen molar-refractivity contribution in [2.45, 2.75) is 19.5 Å². The summed E-state index contributed by atoms with van der Waals surface area (Å²) >= 11 is 12.2. The highest BCUT2D eigenvalue weighted by molar-refractivity contribution is 6.32. The molecule has 0 aliphatic heterocycles. The van der Waals surface area contributed by atoms with Gasteiger partial charge in [0.05, 0.1) is 19.2 Å². The Morgan fingerprint density at radius 1 is 1.09 bits per heavy atom. The van der Waals surface area contributed by atoms with Crippen molar-refractivity contribution in [3.8, 4) is 11.5 Å². The number of methoxy groups -OCH3 is 2. The van der Waals surface area contributed by atoms with Crippen LogP contribution in [0.3, 0.4) is 0 Å². The quantitative estimate of drug-likeness (QED) is 0.814. The fourth-order valence-corrected chi connectivity index (χ4v) is 2.75. The number of rotatable bonds is 6. The van der Waals surface area contributed by atoms with Crippen molar-refractivity contribution in [2.75, 3.05) is 14.2 Å². The lowest BCUT2D eigenvalue weighted by Crippen LogP contribution is -2.18. The highest BCUT2D eigenvalue weighted by atomic mass is 35.5. The lowest BCUT2D eigenvalue weighted by atomic mass is 10.1. The van der Waals surface area contributed by atoms with E-state index in [2.05, 4.69) is 12.2 Å². The van der Waals surface area contributed by atoms with Gasteiger partial charge in [0.2, 0.25) is 0 Å². The summed E-state index contributed by atoms with van der Waals surface area (Å²) in [4.78, 5) is 0. The Balaban J connectivity index is 2.10. The van der Waals surface area contributed by atoms with Gasteiger partial charge in [-0.05, 0) is 42.3 Å². The summed E-state index contributed by atoms with van der Waals surface area (Å²) in [6, 6.07) is 11.8. The molecule has 0 spiro atoms. The monoisotopic (exact) mass is 339 g/mol. The normalized spacial score (nSPS) is 12.0. The van der Waals surface area contributed by atoms with E-state index in [1.54, 1.807) is 14.2 Å². The average Bonchev–Trinajstić information content (AvgIpc) is 2.51. The zero-order chi connectivity index (χ0) is 16.1. The van der Waals surface area contributed by atoms with Gasteiger partial charge in [0, 0.05) is 17.6 Å². The van der Waals surface area contributed by atoms with Crippen LogP contribution in [-0.2, 0) is 6.54 Å². The second-order valence-corrected chi connectivity index (χ2v) is 5.81. The van der Waals surface area contributed by atoms with Gasteiger partial charge in [-0.2, -0.15) is 0 Å². The van der Waals surface area contributed by atoms with Gasteiger partial charge in [0.25, 0.3) is 0 Å². The van der Waals surface area contributed by atoms with E-state index in [1.165, 1.54) is 0 Å². The van der Waals surface area contributed by atoms with Crippen molar-refractivity contribution in [1.29, 1.82) is 0 Å². The van der Waals surface area contributed by atoms with Crippen LogP contribution < -0.4 is 14.8 Å². The van der Waals surface area contributed by atoms with E-state index in [-0.39, 0.29) is 6.04 Å². The minimum absolute atomic E-state index is 0.172. The van der Waals surface area contributed by atoms with Gasteiger partial charge in [0.1, 0.15) is 0 Å². The van der Waals surface area contributed by atoms with Gasteiger partial charge >= 0.3 is 0 Å². The third-order valence-electron chi connectivity index (χ3n) is 3.45. The summed E-state index contributed by atoms with van der Waals surface area (Å²) in [6.45, 7) is 2.75. The third kappa shape index (κ3) is 4.07. The predicted molar refractivity (Wildman–Crippen MR) is 91.3 cm³/mol. The Hall–Kier alpha value is -1.42. The second kappa shape index (κ2) is 7.73. The summed E-state index contributed by atoms with van der Waals surface area (Å²) in [5.41, 5.74) is 2.16. The maximum absolute atomic E-state index is 6.22. The molecule has 0 heterocycles. The highest BCUT2D eigenvalue weighted by Crippen LogP contribution is 2.36. The first kappa shape index (κ1) is 16.9. The molecule has 0 saturated heterocycles. The number of nitrogens with one attached hydrogen (secondary N) is 1. The van der Waals surface area contributed by atoms with Crippen LogP contribution in [0.5, 0.6) is 11.5 Å². The molecule has 0 fully saturated rings. The number of hydrogen-bond donors (Lipinski definition) is 1. The first-order valence-electron chi connectivity index (χ1n) is 6.94. The Labute approximate surface area is 141 Å².